The summed E-state index contributed by atoms with van der Waals surface area (Å²) in [5.74, 6) is 0.980. The van der Waals surface area contributed by atoms with Crippen molar-refractivity contribution in [2.45, 2.75) is 38.7 Å². The molecule has 28 heavy (non-hydrogen) atoms. The number of anilines is 1. The summed E-state index contributed by atoms with van der Waals surface area (Å²) in [7, 11) is 0. The van der Waals surface area contributed by atoms with Crippen LogP contribution in [0, 0.1) is 0 Å². The maximum absolute atomic E-state index is 12.6. The number of hydrogen-bond acceptors (Lipinski definition) is 3. The number of H-pyrrole nitrogens is 1. The number of pyridine rings is 1. The number of piperidine rings is 1. The number of fused-ring (bicyclic) bond motifs is 1. The number of ether oxygens (including phenoxy) is 1. The fraction of sp³-hybridized carbons (Fsp3) is 0.364. The fourth-order valence-electron chi connectivity index (χ4n) is 3.70. The van der Waals surface area contributed by atoms with E-state index >= 15 is 0 Å². The van der Waals surface area contributed by atoms with Gasteiger partial charge in [-0.05, 0) is 50.3 Å². The first kappa shape index (κ1) is 18.3. The SMILES string of the molecule is CC(C)Oc1cc(NC(=O)N2CCC(c3cc4ccccc4[nH]3)CC2)ccn1. The number of likely N-dealkylation sites (tertiary alicyclic amines) is 1. The summed E-state index contributed by atoms with van der Waals surface area (Å²) in [6.07, 6.45) is 3.61. The van der Waals surface area contributed by atoms with Crippen molar-refractivity contribution < 1.29 is 9.53 Å². The van der Waals surface area contributed by atoms with Crippen LogP contribution in [0.25, 0.3) is 10.9 Å². The molecule has 2 N–H and O–H groups in total. The molecule has 0 spiro atoms. The normalized spacial score (nSPS) is 15.2. The fourth-order valence-corrected chi connectivity index (χ4v) is 3.70. The number of benzene rings is 1. The molecule has 0 radical (unpaired) electrons. The quantitative estimate of drug-likeness (QED) is 0.687. The summed E-state index contributed by atoms with van der Waals surface area (Å²) in [4.78, 5) is 22.2. The maximum atomic E-state index is 12.6. The molecule has 0 aliphatic carbocycles. The Morgan fingerprint density at radius 1 is 1.21 bits per heavy atom. The van der Waals surface area contributed by atoms with Gasteiger partial charge in [0.25, 0.3) is 0 Å². The van der Waals surface area contributed by atoms with Gasteiger partial charge in [0.1, 0.15) is 0 Å². The Balaban J connectivity index is 1.35. The largest absolute Gasteiger partial charge is 0.475 e. The number of para-hydroxylation sites is 1. The number of hydrogen-bond donors (Lipinski definition) is 2. The lowest BCUT2D eigenvalue weighted by atomic mass is 9.94. The van der Waals surface area contributed by atoms with Gasteiger partial charge in [-0.2, -0.15) is 0 Å². The molecule has 1 aromatic carbocycles. The first-order valence-electron chi connectivity index (χ1n) is 9.85. The van der Waals surface area contributed by atoms with E-state index in [9.17, 15) is 4.79 Å². The zero-order valence-corrected chi connectivity index (χ0v) is 16.3. The van der Waals surface area contributed by atoms with E-state index in [1.807, 2.05) is 24.8 Å². The molecular formula is C22H26N4O2. The number of nitrogens with zero attached hydrogens (tertiary/aromatic N) is 2. The lowest BCUT2D eigenvalue weighted by molar-refractivity contribution is 0.194. The van der Waals surface area contributed by atoms with Crippen molar-refractivity contribution in [2.24, 2.45) is 0 Å². The van der Waals surface area contributed by atoms with Crippen molar-refractivity contribution in [3.8, 4) is 5.88 Å². The van der Waals surface area contributed by atoms with E-state index in [0.717, 1.165) is 25.9 Å². The number of amides is 2. The third-order valence-corrected chi connectivity index (χ3v) is 5.12. The van der Waals surface area contributed by atoms with Gasteiger partial charge in [0, 0.05) is 48.2 Å². The molecule has 6 heteroatoms. The minimum Gasteiger partial charge on any atom is -0.475 e. The van der Waals surface area contributed by atoms with Gasteiger partial charge < -0.3 is 19.9 Å². The molecule has 4 rings (SSSR count). The van der Waals surface area contributed by atoms with Gasteiger partial charge in [0.05, 0.1) is 6.10 Å². The molecule has 1 aliphatic rings. The highest BCUT2D eigenvalue weighted by Gasteiger charge is 2.25. The summed E-state index contributed by atoms with van der Waals surface area (Å²) in [5.41, 5.74) is 3.15. The Hall–Kier alpha value is -3.02. The van der Waals surface area contributed by atoms with Gasteiger partial charge in [-0.3, -0.25) is 0 Å². The molecule has 1 saturated heterocycles. The van der Waals surface area contributed by atoms with Crippen molar-refractivity contribution in [2.75, 3.05) is 18.4 Å². The number of carbonyl (C=O) groups is 1. The number of aromatic amines is 1. The van der Waals surface area contributed by atoms with Crippen LogP contribution in [0.5, 0.6) is 5.88 Å². The Labute approximate surface area is 164 Å². The molecular weight excluding hydrogens is 352 g/mol. The number of nitrogens with one attached hydrogen (secondary N) is 2. The number of rotatable bonds is 4. The van der Waals surface area contributed by atoms with E-state index in [0.29, 0.717) is 17.5 Å². The Morgan fingerprint density at radius 3 is 2.75 bits per heavy atom. The maximum Gasteiger partial charge on any atom is 0.321 e. The van der Waals surface area contributed by atoms with Crippen LogP contribution in [0.1, 0.15) is 38.3 Å². The predicted molar refractivity (Wildman–Crippen MR) is 111 cm³/mol. The summed E-state index contributed by atoms with van der Waals surface area (Å²) < 4.78 is 5.59. The minimum absolute atomic E-state index is 0.0436. The average molecular weight is 378 g/mol. The van der Waals surface area contributed by atoms with Crippen LogP contribution in [0.2, 0.25) is 0 Å². The Bertz CT molecular complexity index is 925. The first-order chi connectivity index (χ1) is 13.6. The second kappa shape index (κ2) is 7.92. The van der Waals surface area contributed by atoms with Crippen LogP contribution in [-0.4, -0.2) is 40.1 Å². The number of carbonyl (C=O) groups excluding carboxylic acids is 1. The molecule has 3 heterocycles. The average Bonchev–Trinajstić information content (AvgIpc) is 3.12. The monoisotopic (exact) mass is 378 g/mol. The van der Waals surface area contributed by atoms with Crippen LogP contribution in [0.4, 0.5) is 10.5 Å². The second-order valence-corrected chi connectivity index (χ2v) is 7.55. The van der Waals surface area contributed by atoms with Crippen molar-refractivity contribution in [1.82, 2.24) is 14.9 Å². The summed E-state index contributed by atoms with van der Waals surface area (Å²) in [6.45, 7) is 5.38. The highest BCUT2D eigenvalue weighted by Crippen LogP contribution is 2.30. The topological polar surface area (TPSA) is 70.2 Å². The molecule has 2 aromatic heterocycles. The van der Waals surface area contributed by atoms with Gasteiger partial charge >= 0.3 is 6.03 Å². The van der Waals surface area contributed by atoms with Crippen LogP contribution < -0.4 is 10.1 Å². The Kier molecular flexibility index (Phi) is 5.19. The molecule has 1 fully saturated rings. The van der Waals surface area contributed by atoms with E-state index in [-0.39, 0.29) is 12.1 Å². The van der Waals surface area contributed by atoms with Crippen molar-refractivity contribution in [1.29, 1.82) is 0 Å². The highest BCUT2D eigenvalue weighted by molar-refractivity contribution is 5.89. The highest BCUT2D eigenvalue weighted by atomic mass is 16.5. The summed E-state index contributed by atoms with van der Waals surface area (Å²) in [5, 5.41) is 4.21. The molecule has 2 amide bonds. The molecule has 0 saturated carbocycles. The summed E-state index contributed by atoms with van der Waals surface area (Å²) >= 11 is 0. The standard InChI is InChI=1S/C22H26N4O2/c1-15(2)28-21-14-18(7-10-23-21)24-22(27)26-11-8-16(9-12-26)20-13-17-5-3-4-6-19(17)25-20/h3-7,10,13-16,25H,8-9,11-12H2,1-2H3,(H,23,24,27). The van der Waals surface area contributed by atoms with Gasteiger partial charge in [-0.25, -0.2) is 9.78 Å². The smallest absolute Gasteiger partial charge is 0.321 e. The first-order valence-corrected chi connectivity index (χ1v) is 9.85. The zero-order chi connectivity index (χ0) is 19.5. The van der Waals surface area contributed by atoms with Crippen molar-refractivity contribution >= 4 is 22.6 Å². The second-order valence-electron chi connectivity index (χ2n) is 7.55. The van der Waals surface area contributed by atoms with Crippen LogP contribution in [0.3, 0.4) is 0 Å². The predicted octanol–water partition coefficient (Wildman–Crippen LogP) is 4.76. The molecule has 146 valence electrons. The van der Waals surface area contributed by atoms with Crippen molar-refractivity contribution in [3.05, 3.63) is 54.4 Å². The molecule has 0 atom stereocenters. The van der Waals surface area contributed by atoms with Crippen LogP contribution >= 0.6 is 0 Å². The van der Waals surface area contributed by atoms with E-state index < -0.39 is 0 Å². The molecule has 0 unspecified atom stereocenters. The van der Waals surface area contributed by atoms with E-state index in [1.54, 1.807) is 18.3 Å². The van der Waals surface area contributed by atoms with Crippen LogP contribution in [0.15, 0.2) is 48.7 Å². The molecule has 0 bridgehead atoms. The van der Waals surface area contributed by atoms with Gasteiger partial charge in [0.2, 0.25) is 5.88 Å². The lowest BCUT2D eigenvalue weighted by Gasteiger charge is -2.31. The molecule has 6 nitrogen and oxygen atoms in total. The van der Waals surface area contributed by atoms with Gasteiger partial charge in [-0.15, -0.1) is 0 Å². The van der Waals surface area contributed by atoms with Crippen molar-refractivity contribution in [3.63, 3.8) is 0 Å². The van der Waals surface area contributed by atoms with E-state index in [1.165, 1.54) is 16.6 Å². The molecule has 3 aromatic rings. The zero-order valence-electron chi connectivity index (χ0n) is 16.3. The third-order valence-electron chi connectivity index (χ3n) is 5.12. The molecule has 1 aliphatic heterocycles. The number of aromatic nitrogens is 2. The van der Waals surface area contributed by atoms with E-state index in [4.69, 9.17) is 4.74 Å². The summed E-state index contributed by atoms with van der Waals surface area (Å²) in [6, 6.07) is 14.0. The lowest BCUT2D eigenvalue weighted by Crippen LogP contribution is -2.40. The minimum atomic E-state index is -0.0724. The third kappa shape index (κ3) is 4.11. The van der Waals surface area contributed by atoms with Gasteiger partial charge in [-0.1, -0.05) is 18.2 Å². The Morgan fingerprint density at radius 2 is 2.00 bits per heavy atom. The van der Waals surface area contributed by atoms with Crippen LogP contribution in [-0.2, 0) is 0 Å². The van der Waals surface area contributed by atoms with E-state index in [2.05, 4.69) is 39.6 Å². The van der Waals surface area contributed by atoms with Gasteiger partial charge in [0.15, 0.2) is 0 Å². The number of urea groups is 1.